The lowest BCUT2D eigenvalue weighted by atomic mass is 10.3. The maximum absolute atomic E-state index is 11.3. The van der Waals surface area contributed by atoms with Crippen LogP contribution in [0.15, 0.2) is 16.3 Å². The summed E-state index contributed by atoms with van der Waals surface area (Å²) in [5.74, 6) is -0.0737. The molecule has 0 aliphatic heterocycles. The van der Waals surface area contributed by atoms with Crippen molar-refractivity contribution in [2.75, 3.05) is 14.1 Å². The Morgan fingerprint density at radius 1 is 1.47 bits per heavy atom. The zero-order valence-corrected chi connectivity index (χ0v) is 10.6. The molecule has 4 nitrogen and oxygen atoms in total. The van der Waals surface area contributed by atoms with Crippen molar-refractivity contribution in [1.82, 2.24) is 4.90 Å². The van der Waals surface area contributed by atoms with Gasteiger partial charge in [0.05, 0.1) is 6.42 Å². The summed E-state index contributed by atoms with van der Waals surface area (Å²) in [4.78, 5) is 13.5. The summed E-state index contributed by atoms with van der Waals surface area (Å²) >= 11 is 1.02. The highest BCUT2D eigenvalue weighted by molar-refractivity contribution is 8.15. The number of rotatable bonds is 3. The molecule has 1 heterocycles. The predicted octanol–water partition coefficient (Wildman–Crippen LogP) is 1.31. The quantitative estimate of drug-likeness (QED) is 0.776. The molecule has 15 heavy (non-hydrogen) atoms. The van der Waals surface area contributed by atoms with Crippen molar-refractivity contribution in [3.63, 3.8) is 0 Å². The minimum atomic E-state index is -3.67. The topological polar surface area (TPSA) is 54.5 Å². The Morgan fingerprint density at radius 2 is 2.07 bits per heavy atom. The van der Waals surface area contributed by atoms with Crippen LogP contribution >= 0.6 is 22.0 Å². The van der Waals surface area contributed by atoms with Gasteiger partial charge in [-0.15, -0.1) is 11.3 Å². The molecule has 0 saturated carbocycles. The van der Waals surface area contributed by atoms with Crippen LogP contribution in [0.1, 0.15) is 4.88 Å². The number of hydrogen-bond donors (Lipinski definition) is 0. The Labute approximate surface area is 96.9 Å². The molecule has 1 aromatic rings. The minimum Gasteiger partial charge on any atom is -0.349 e. The lowest BCUT2D eigenvalue weighted by Gasteiger charge is -2.08. The molecule has 1 amide bonds. The second kappa shape index (κ2) is 4.51. The van der Waals surface area contributed by atoms with Gasteiger partial charge in [-0.3, -0.25) is 4.79 Å². The van der Waals surface area contributed by atoms with Crippen molar-refractivity contribution in [2.24, 2.45) is 0 Å². The molecule has 0 radical (unpaired) electrons. The van der Waals surface area contributed by atoms with E-state index in [9.17, 15) is 13.2 Å². The second-order valence-corrected chi connectivity index (χ2v) is 7.08. The van der Waals surface area contributed by atoms with E-state index in [-0.39, 0.29) is 16.5 Å². The van der Waals surface area contributed by atoms with Gasteiger partial charge in [0.2, 0.25) is 5.91 Å². The molecule has 0 aromatic carbocycles. The molecule has 0 spiro atoms. The highest BCUT2D eigenvalue weighted by Gasteiger charge is 2.15. The second-order valence-electron chi connectivity index (χ2n) is 3.12. The lowest BCUT2D eigenvalue weighted by Crippen LogP contribution is -2.23. The molecule has 0 fully saturated rings. The first-order valence-corrected chi connectivity index (χ1v) is 7.17. The molecule has 7 heteroatoms. The van der Waals surface area contributed by atoms with Gasteiger partial charge < -0.3 is 4.90 Å². The van der Waals surface area contributed by atoms with Crippen molar-refractivity contribution < 1.29 is 13.2 Å². The number of amides is 1. The summed E-state index contributed by atoms with van der Waals surface area (Å²) in [7, 11) is 4.78. The van der Waals surface area contributed by atoms with Gasteiger partial charge >= 0.3 is 0 Å². The zero-order valence-electron chi connectivity index (χ0n) is 8.23. The third kappa shape index (κ3) is 3.48. The van der Waals surface area contributed by atoms with E-state index < -0.39 is 9.05 Å². The molecule has 0 aliphatic carbocycles. The highest BCUT2D eigenvalue weighted by Crippen LogP contribution is 2.25. The molecular weight excluding hydrogens is 258 g/mol. The van der Waals surface area contributed by atoms with Crippen LogP contribution < -0.4 is 0 Å². The van der Waals surface area contributed by atoms with Crippen molar-refractivity contribution in [2.45, 2.75) is 10.6 Å². The fourth-order valence-electron chi connectivity index (χ4n) is 0.891. The van der Waals surface area contributed by atoms with Crippen LogP contribution in [-0.4, -0.2) is 33.3 Å². The molecule has 1 aromatic heterocycles. The van der Waals surface area contributed by atoms with E-state index in [0.717, 1.165) is 11.3 Å². The molecule has 0 aliphatic rings. The Hall–Kier alpha value is -0.590. The minimum absolute atomic E-state index is 0.0737. The smallest absolute Gasteiger partial charge is 0.270 e. The van der Waals surface area contributed by atoms with Crippen molar-refractivity contribution in [3.8, 4) is 0 Å². The summed E-state index contributed by atoms with van der Waals surface area (Å²) in [5.41, 5.74) is 0. The van der Waals surface area contributed by atoms with Crippen LogP contribution in [0, 0.1) is 0 Å². The first-order valence-electron chi connectivity index (χ1n) is 4.04. The summed E-state index contributed by atoms with van der Waals surface area (Å²) in [6.07, 6.45) is 0.198. The van der Waals surface area contributed by atoms with E-state index in [1.807, 2.05) is 0 Å². The maximum Gasteiger partial charge on any atom is 0.270 e. The Balaban J connectivity index is 2.83. The average Bonchev–Trinajstić information content (AvgIpc) is 2.51. The van der Waals surface area contributed by atoms with E-state index in [2.05, 4.69) is 0 Å². The Kier molecular flexibility index (Phi) is 3.75. The van der Waals surface area contributed by atoms with E-state index >= 15 is 0 Å². The largest absolute Gasteiger partial charge is 0.349 e. The molecule has 1 rings (SSSR count). The van der Waals surface area contributed by atoms with E-state index in [1.165, 1.54) is 11.0 Å². The normalized spacial score (nSPS) is 11.4. The summed E-state index contributed by atoms with van der Waals surface area (Å²) < 4.78 is 22.0. The summed E-state index contributed by atoms with van der Waals surface area (Å²) in [6.45, 7) is 0. The molecule has 0 unspecified atom stereocenters. The number of thiophene rings is 1. The molecule has 0 atom stereocenters. The molecule has 0 saturated heterocycles. The third-order valence-corrected chi connectivity index (χ3v) is 4.88. The van der Waals surface area contributed by atoms with Gasteiger partial charge in [-0.2, -0.15) is 0 Å². The van der Waals surface area contributed by atoms with Crippen LogP contribution in [0.4, 0.5) is 0 Å². The van der Waals surface area contributed by atoms with E-state index in [1.54, 1.807) is 20.2 Å². The third-order valence-electron chi connectivity index (χ3n) is 1.70. The van der Waals surface area contributed by atoms with Crippen LogP contribution in [0.5, 0.6) is 0 Å². The number of carbonyl (C=O) groups is 1. The van der Waals surface area contributed by atoms with Gasteiger partial charge in [-0.25, -0.2) is 8.42 Å². The van der Waals surface area contributed by atoms with E-state index in [0.29, 0.717) is 4.88 Å². The van der Waals surface area contributed by atoms with Gasteiger partial charge in [0.1, 0.15) is 4.21 Å². The van der Waals surface area contributed by atoms with Gasteiger partial charge in [0, 0.05) is 29.7 Å². The number of carbonyl (C=O) groups excluding carboxylic acids is 1. The van der Waals surface area contributed by atoms with Crippen molar-refractivity contribution >= 4 is 37.0 Å². The fraction of sp³-hybridized carbons (Fsp3) is 0.375. The number of hydrogen-bond acceptors (Lipinski definition) is 4. The van der Waals surface area contributed by atoms with Crippen LogP contribution in [0.25, 0.3) is 0 Å². The molecule has 0 N–H and O–H groups in total. The molecular formula is C8H10ClNO3S2. The van der Waals surface area contributed by atoms with Crippen LogP contribution in [0.3, 0.4) is 0 Å². The molecule has 84 valence electrons. The summed E-state index contributed by atoms with van der Waals surface area (Å²) in [5, 5.41) is 0. The van der Waals surface area contributed by atoms with Gasteiger partial charge in [0.25, 0.3) is 9.05 Å². The zero-order chi connectivity index (χ0) is 11.6. The monoisotopic (exact) mass is 267 g/mol. The Bertz CT molecular complexity index is 464. The maximum atomic E-state index is 11.3. The summed E-state index contributed by atoms with van der Waals surface area (Å²) in [6, 6.07) is 3.01. The number of likely N-dealkylation sites (N-methyl/N-ethyl adjacent to an activating group) is 1. The van der Waals surface area contributed by atoms with Gasteiger partial charge in [-0.1, -0.05) is 0 Å². The van der Waals surface area contributed by atoms with Crippen LogP contribution in [0.2, 0.25) is 0 Å². The molecule has 0 bridgehead atoms. The first-order chi connectivity index (χ1) is 6.80. The number of halogens is 1. The predicted molar refractivity (Wildman–Crippen MR) is 59.8 cm³/mol. The van der Waals surface area contributed by atoms with E-state index in [4.69, 9.17) is 10.7 Å². The average molecular weight is 268 g/mol. The number of nitrogens with zero attached hydrogens (tertiary/aromatic N) is 1. The van der Waals surface area contributed by atoms with Crippen molar-refractivity contribution in [3.05, 3.63) is 17.0 Å². The standard InChI is InChI=1S/C8H10ClNO3S2/c1-10(2)7(11)5-6-3-4-8(14-6)15(9,12)13/h3-4H,5H2,1-2H3. The van der Waals surface area contributed by atoms with Gasteiger partial charge in [-0.05, 0) is 12.1 Å². The first kappa shape index (κ1) is 12.5. The lowest BCUT2D eigenvalue weighted by molar-refractivity contribution is -0.127. The highest BCUT2D eigenvalue weighted by atomic mass is 35.7. The van der Waals surface area contributed by atoms with Crippen molar-refractivity contribution in [1.29, 1.82) is 0 Å². The van der Waals surface area contributed by atoms with Crippen LogP contribution in [-0.2, 0) is 20.3 Å². The fourth-order valence-corrected chi connectivity index (χ4v) is 3.01. The SMILES string of the molecule is CN(C)C(=O)Cc1ccc(S(=O)(=O)Cl)s1. The van der Waals surface area contributed by atoms with Gasteiger partial charge in [0.15, 0.2) is 0 Å². The Morgan fingerprint density at radius 3 is 2.47 bits per heavy atom.